The third kappa shape index (κ3) is 4.09. The third-order valence-electron chi connectivity index (χ3n) is 4.17. The molecule has 1 amide bonds. The van der Waals surface area contributed by atoms with E-state index in [-0.39, 0.29) is 5.69 Å². The summed E-state index contributed by atoms with van der Waals surface area (Å²) in [4.78, 5) is 24.7. The Labute approximate surface area is 169 Å². The fourth-order valence-electron chi connectivity index (χ4n) is 2.88. The minimum atomic E-state index is -2.76. The molecule has 0 aliphatic carbocycles. The summed E-state index contributed by atoms with van der Waals surface area (Å²) in [5.74, 6) is -0.220. The van der Waals surface area contributed by atoms with Gasteiger partial charge in [-0.25, -0.2) is 28.4 Å². The number of anilines is 1. The molecule has 4 rings (SSSR count). The van der Waals surface area contributed by atoms with Gasteiger partial charge in [0.05, 0.1) is 18.8 Å². The lowest BCUT2D eigenvalue weighted by molar-refractivity contribution is 0.101. The first-order chi connectivity index (χ1) is 14.5. The monoisotopic (exact) mass is 413 g/mol. The Hall–Kier alpha value is -3.89. The molecular formula is C19H17F2N7O2. The summed E-state index contributed by atoms with van der Waals surface area (Å²) >= 11 is 0. The van der Waals surface area contributed by atoms with Gasteiger partial charge in [-0.3, -0.25) is 4.79 Å². The van der Waals surface area contributed by atoms with E-state index in [0.717, 1.165) is 5.69 Å². The van der Waals surface area contributed by atoms with Crippen LogP contribution in [0.25, 0.3) is 5.65 Å². The Kier molecular flexibility index (Phi) is 5.33. The molecule has 0 bridgehead atoms. The number of hydrogen-bond donors (Lipinski definition) is 1. The first-order valence-electron chi connectivity index (χ1n) is 9.06. The SMILES string of the molecule is CCOc1cc2nc(Cn3cncn3)cn2cc1NC(=O)c1cccc(C(F)F)n1. The van der Waals surface area contributed by atoms with Crippen LogP contribution < -0.4 is 10.1 Å². The average Bonchev–Trinajstić information content (AvgIpc) is 3.38. The topological polar surface area (TPSA) is 99.2 Å². The third-order valence-corrected chi connectivity index (χ3v) is 4.17. The number of nitrogens with one attached hydrogen (secondary N) is 1. The van der Waals surface area contributed by atoms with Gasteiger partial charge in [-0.2, -0.15) is 5.10 Å². The zero-order valence-corrected chi connectivity index (χ0v) is 15.9. The number of pyridine rings is 2. The van der Waals surface area contributed by atoms with Crippen molar-refractivity contribution in [3.63, 3.8) is 0 Å². The van der Waals surface area contributed by atoms with Crippen LogP contribution in [-0.4, -0.2) is 41.6 Å². The van der Waals surface area contributed by atoms with Gasteiger partial charge in [-0.1, -0.05) is 6.07 Å². The number of carbonyl (C=O) groups is 1. The Morgan fingerprint density at radius 2 is 2.13 bits per heavy atom. The Morgan fingerprint density at radius 1 is 1.27 bits per heavy atom. The Morgan fingerprint density at radius 3 is 2.87 bits per heavy atom. The van der Waals surface area contributed by atoms with Crippen LogP contribution in [-0.2, 0) is 6.54 Å². The number of aromatic nitrogens is 6. The summed E-state index contributed by atoms with van der Waals surface area (Å²) in [6.45, 7) is 2.60. The van der Waals surface area contributed by atoms with Crippen molar-refractivity contribution in [2.45, 2.75) is 19.9 Å². The maximum atomic E-state index is 12.9. The summed E-state index contributed by atoms with van der Waals surface area (Å²) in [5, 5.41) is 6.73. The Balaban J connectivity index is 1.63. The van der Waals surface area contributed by atoms with Gasteiger partial charge in [-0.15, -0.1) is 0 Å². The normalized spacial score (nSPS) is 11.2. The maximum absolute atomic E-state index is 12.9. The quantitative estimate of drug-likeness (QED) is 0.500. The van der Waals surface area contributed by atoms with Gasteiger partial charge in [0.15, 0.2) is 0 Å². The summed E-state index contributed by atoms with van der Waals surface area (Å²) in [6.07, 6.45) is 3.70. The van der Waals surface area contributed by atoms with Crippen LogP contribution in [0, 0.1) is 0 Å². The fraction of sp³-hybridized carbons (Fsp3) is 0.211. The van der Waals surface area contributed by atoms with Crippen LogP contribution in [0.2, 0.25) is 0 Å². The molecule has 154 valence electrons. The van der Waals surface area contributed by atoms with Crippen molar-refractivity contribution < 1.29 is 18.3 Å². The van der Waals surface area contributed by atoms with Gasteiger partial charge in [0.2, 0.25) is 0 Å². The van der Waals surface area contributed by atoms with E-state index in [4.69, 9.17) is 4.74 Å². The van der Waals surface area contributed by atoms with Crippen molar-refractivity contribution >= 4 is 17.2 Å². The van der Waals surface area contributed by atoms with Gasteiger partial charge in [0, 0.05) is 18.5 Å². The van der Waals surface area contributed by atoms with Gasteiger partial charge < -0.3 is 14.5 Å². The van der Waals surface area contributed by atoms with Gasteiger partial charge in [-0.05, 0) is 19.1 Å². The molecule has 0 aromatic carbocycles. The number of nitrogens with zero attached hydrogens (tertiary/aromatic N) is 6. The minimum Gasteiger partial charge on any atom is -0.491 e. The summed E-state index contributed by atoms with van der Waals surface area (Å²) in [5.41, 5.74) is 1.13. The van der Waals surface area contributed by atoms with Gasteiger partial charge in [0.25, 0.3) is 12.3 Å². The molecule has 4 heterocycles. The molecule has 1 N–H and O–H groups in total. The maximum Gasteiger partial charge on any atom is 0.280 e. The molecule has 11 heteroatoms. The molecule has 0 saturated heterocycles. The largest absolute Gasteiger partial charge is 0.491 e. The molecule has 0 atom stereocenters. The van der Waals surface area contributed by atoms with Crippen molar-refractivity contribution in [3.8, 4) is 5.75 Å². The van der Waals surface area contributed by atoms with Crippen molar-refractivity contribution in [1.82, 2.24) is 29.1 Å². The average molecular weight is 413 g/mol. The number of carbonyl (C=O) groups excluding carboxylic acids is 1. The van der Waals surface area contributed by atoms with Crippen molar-refractivity contribution in [2.75, 3.05) is 11.9 Å². The van der Waals surface area contributed by atoms with Crippen LogP contribution in [0.5, 0.6) is 5.75 Å². The number of alkyl halides is 2. The van der Waals surface area contributed by atoms with E-state index in [1.165, 1.54) is 24.5 Å². The predicted octanol–water partition coefficient (Wildman–Crippen LogP) is 2.96. The fourth-order valence-corrected chi connectivity index (χ4v) is 2.88. The van der Waals surface area contributed by atoms with Crippen LogP contribution in [0.4, 0.5) is 14.5 Å². The molecule has 4 aromatic rings. The first kappa shape index (κ1) is 19.4. The van der Waals surface area contributed by atoms with Crippen LogP contribution in [0.15, 0.2) is 49.3 Å². The highest BCUT2D eigenvalue weighted by atomic mass is 19.3. The molecule has 9 nitrogen and oxygen atoms in total. The molecule has 0 saturated carbocycles. The number of ether oxygens (including phenoxy) is 1. The number of hydrogen-bond acceptors (Lipinski definition) is 6. The standard InChI is InChI=1S/C19H17F2N7O2/c1-2-30-16-6-17-24-12(8-28-11-22-10-23-28)7-27(17)9-15(16)26-19(29)14-5-3-4-13(25-14)18(20)21/h3-7,9-11,18H,2,8H2,1H3,(H,26,29). The van der Waals surface area contributed by atoms with Crippen molar-refractivity contribution in [1.29, 1.82) is 0 Å². The van der Waals surface area contributed by atoms with E-state index >= 15 is 0 Å². The minimum absolute atomic E-state index is 0.118. The lowest BCUT2D eigenvalue weighted by atomic mass is 10.2. The second-order valence-corrected chi connectivity index (χ2v) is 6.28. The highest BCUT2D eigenvalue weighted by molar-refractivity contribution is 6.03. The van der Waals surface area contributed by atoms with Gasteiger partial charge >= 0.3 is 0 Å². The smallest absolute Gasteiger partial charge is 0.280 e. The first-order valence-corrected chi connectivity index (χ1v) is 9.06. The van der Waals surface area contributed by atoms with Crippen LogP contribution in [0.3, 0.4) is 0 Å². The summed E-state index contributed by atoms with van der Waals surface area (Å²) in [7, 11) is 0. The molecule has 0 unspecified atom stereocenters. The highest BCUT2D eigenvalue weighted by Crippen LogP contribution is 2.27. The predicted molar refractivity (Wildman–Crippen MR) is 103 cm³/mol. The summed E-state index contributed by atoms with van der Waals surface area (Å²) in [6, 6.07) is 5.59. The lowest BCUT2D eigenvalue weighted by Gasteiger charge is -2.12. The van der Waals surface area contributed by atoms with E-state index in [0.29, 0.717) is 30.2 Å². The zero-order valence-electron chi connectivity index (χ0n) is 15.9. The van der Waals surface area contributed by atoms with E-state index in [1.807, 2.05) is 6.92 Å². The molecule has 30 heavy (non-hydrogen) atoms. The highest BCUT2D eigenvalue weighted by Gasteiger charge is 2.16. The molecule has 0 aliphatic rings. The van der Waals surface area contributed by atoms with Crippen LogP contribution in [0.1, 0.15) is 35.2 Å². The van der Waals surface area contributed by atoms with Crippen LogP contribution >= 0.6 is 0 Å². The number of halogens is 2. The molecule has 0 fully saturated rings. The molecule has 4 aromatic heterocycles. The second kappa shape index (κ2) is 8.23. The van der Waals surface area contributed by atoms with E-state index < -0.39 is 18.0 Å². The molecule has 0 radical (unpaired) electrons. The molecular weight excluding hydrogens is 396 g/mol. The van der Waals surface area contributed by atoms with Gasteiger partial charge in [0.1, 0.15) is 41.1 Å². The second-order valence-electron chi connectivity index (χ2n) is 6.28. The number of imidazole rings is 1. The Bertz CT molecular complexity index is 1180. The van der Waals surface area contributed by atoms with E-state index in [9.17, 15) is 13.6 Å². The number of rotatable bonds is 7. The summed E-state index contributed by atoms with van der Waals surface area (Å²) < 4.78 is 34.7. The number of amides is 1. The molecule has 0 aliphatic heterocycles. The zero-order chi connectivity index (χ0) is 21.1. The van der Waals surface area contributed by atoms with Crippen molar-refractivity contribution in [2.24, 2.45) is 0 Å². The van der Waals surface area contributed by atoms with Crippen molar-refractivity contribution in [3.05, 3.63) is 66.4 Å². The van der Waals surface area contributed by atoms with E-state index in [1.54, 1.807) is 33.9 Å². The molecule has 0 spiro atoms. The van der Waals surface area contributed by atoms with E-state index in [2.05, 4.69) is 25.4 Å². The number of fused-ring (bicyclic) bond motifs is 1. The lowest BCUT2D eigenvalue weighted by Crippen LogP contribution is -2.16.